The lowest BCUT2D eigenvalue weighted by Gasteiger charge is -2.05. The number of rotatable bonds is 2. The van der Waals surface area contributed by atoms with E-state index in [1.165, 1.54) is 13.2 Å². The number of aryl methyl sites for hydroxylation is 1. The maximum atomic E-state index is 13.0. The maximum Gasteiger partial charge on any atom is 0.137 e. The summed E-state index contributed by atoms with van der Waals surface area (Å²) in [5.41, 5.74) is 0.622. The number of halogens is 2. The molecule has 0 aromatic heterocycles. The van der Waals surface area contributed by atoms with Crippen LogP contribution in [0.15, 0.2) is 12.1 Å². The van der Waals surface area contributed by atoms with Gasteiger partial charge in [0.05, 0.1) is 12.1 Å². The molecule has 0 saturated heterocycles. The van der Waals surface area contributed by atoms with Gasteiger partial charge in [-0.2, -0.15) is 0 Å². The van der Waals surface area contributed by atoms with E-state index in [0.717, 1.165) is 0 Å². The monoisotopic (exact) mass is 218 g/mol. The molecule has 0 bridgehead atoms. The summed E-state index contributed by atoms with van der Waals surface area (Å²) >= 11 is 5.69. The molecule has 1 nitrogen and oxygen atoms in total. The minimum atomic E-state index is -0.275. The quantitative estimate of drug-likeness (QED) is 0.727. The van der Waals surface area contributed by atoms with Gasteiger partial charge in [0.2, 0.25) is 0 Å². The summed E-state index contributed by atoms with van der Waals surface area (Å²) in [6.07, 6.45) is 0.638. The Kier molecular flexibility index (Phi) is 6.30. The zero-order valence-electron chi connectivity index (χ0n) is 9.03. The van der Waals surface area contributed by atoms with Crippen LogP contribution in [-0.4, -0.2) is 7.11 Å². The maximum absolute atomic E-state index is 13.0. The van der Waals surface area contributed by atoms with E-state index in [-0.39, 0.29) is 5.82 Å². The van der Waals surface area contributed by atoms with Crippen LogP contribution < -0.4 is 4.74 Å². The molecule has 80 valence electrons. The van der Waals surface area contributed by atoms with Gasteiger partial charge in [-0.25, -0.2) is 4.39 Å². The highest BCUT2D eigenvalue weighted by molar-refractivity contribution is 6.32. The minimum absolute atomic E-state index is 0.275. The van der Waals surface area contributed by atoms with Gasteiger partial charge in [-0.05, 0) is 24.1 Å². The predicted molar refractivity (Wildman–Crippen MR) is 58.7 cm³/mol. The first kappa shape index (κ1) is 13.2. The summed E-state index contributed by atoms with van der Waals surface area (Å²) in [6, 6.07) is 2.90. The molecule has 1 rings (SSSR count). The SMILES string of the molecule is CC.CCc1cc(OC)c(Cl)cc1F. The average Bonchev–Trinajstić information content (AvgIpc) is 2.21. The third-order valence-corrected chi connectivity index (χ3v) is 2.00. The van der Waals surface area contributed by atoms with Gasteiger partial charge in [0.25, 0.3) is 0 Å². The Morgan fingerprint density at radius 2 is 1.93 bits per heavy atom. The van der Waals surface area contributed by atoms with E-state index in [9.17, 15) is 4.39 Å². The van der Waals surface area contributed by atoms with Gasteiger partial charge < -0.3 is 4.74 Å². The largest absolute Gasteiger partial charge is 0.495 e. The second-order valence-corrected chi connectivity index (χ2v) is 2.84. The zero-order chi connectivity index (χ0) is 11.1. The molecule has 0 aliphatic heterocycles. The van der Waals surface area contributed by atoms with Crippen molar-refractivity contribution in [3.8, 4) is 5.75 Å². The lowest BCUT2D eigenvalue weighted by Crippen LogP contribution is -1.91. The van der Waals surface area contributed by atoms with Crippen molar-refractivity contribution in [1.82, 2.24) is 0 Å². The molecule has 0 aliphatic rings. The summed E-state index contributed by atoms with van der Waals surface area (Å²) in [6.45, 7) is 5.88. The fraction of sp³-hybridized carbons (Fsp3) is 0.455. The first-order chi connectivity index (χ1) is 6.69. The van der Waals surface area contributed by atoms with Gasteiger partial charge in [0.15, 0.2) is 0 Å². The van der Waals surface area contributed by atoms with Crippen molar-refractivity contribution in [3.05, 3.63) is 28.5 Å². The first-order valence-electron chi connectivity index (χ1n) is 4.71. The molecule has 1 aromatic rings. The number of hydrogen-bond donors (Lipinski definition) is 0. The molecule has 1 aromatic carbocycles. The summed E-state index contributed by atoms with van der Waals surface area (Å²) in [5, 5.41) is 0.312. The standard InChI is InChI=1S/C9H10ClFO.C2H6/c1-3-6-4-9(12-2)7(10)5-8(6)11;1-2/h4-5H,3H2,1-2H3;1-2H3. The lowest BCUT2D eigenvalue weighted by molar-refractivity contribution is 0.413. The van der Waals surface area contributed by atoms with Gasteiger partial charge in [0.1, 0.15) is 11.6 Å². The molecule has 0 saturated carbocycles. The molecule has 0 spiro atoms. The number of ether oxygens (including phenoxy) is 1. The van der Waals surface area contributed by atoms with E-state index in [1.807, 2.05) is 20.8 Å². The van der Waals surface area contributed by atoms with Gasteiger partial charge in [-0.3, -0.25) is 0 Å². The Morgan fingerprint density at radius 3 is 2.36 bits per heavy atom. The van der Waals surface area contributed by atoms with Crippen molar-refractivity contribution < 1.29 is 9.13 Å². The van der Waals surface area contributed by atoms with Crippen molar-refractivity contribution >= 4 is 11.6 Å². The van der Waals surface area contributed by atoms with E-state index in [2.05, 4.69) is 0 Å². The number of methoxy groups -OCH3 is 1. The van der Waals surface area contributed by atoms with Crippen LogP contribution in [0.25, 0.3) is 0 Å². The van der Waals surface area contributed by atoms with Crippen molar-refractivity contribution in [2.45, 2.75) is 27.2 Å². The summed E-state index contributed by atoms with van der Waals surface area (Å²) in [7, 11) is 1.51. The van der Waals surface area contributed by atoms with Crippen LogP contribution in [-0.2, 0) is 6.42 Å². The van der Waals surface area contributed by atoms with Gasteiger partial charge in [-0.15, -0.1) is 0 Å². The molecular formula is C11H16ClFO. The first-order valence-corrected chi connectivity index (χ1v) is 5.08. The van der Waals surface area contributed by atoms with Crippen molar-refractivity contribution in [1.29, 1.82) is 0 Å². The van der Waals surface area contributed by atoms with Crippen LogP contribution >= 0.6 is 11.6 Å². The Balaban J connectivity index is 0.000000791. The smallest absolute Gasteiger partial charge is 0.137 e. The van der Waals surface area contributed by atoms with Gasteiger partial charge in [-0.1, -0.05) is 32.4 Å². The molecule has 0 radical (unpaired) electrons. The lowest BCUT2D eigenvalue weighted by atomic mass is 10.1. The van der Waals surface area contributed by atoms with Gasteiger partial charge >= 0.3 is 0 Å². The van der Waals surface area contributed by atoms with Crippen LogP contribution in [0.5, 0.6) is 5.75 Å². The third-order valence-electron chi connectivity index (χ3n) is 1.70. The molecule has 0 fully saturated rings. The van der Waals surface area contributed by atoms with Crippen LogP contribution in [0.3, 0.4) is 0 Å². The van der Waals surface area contributed by atoms with Crippen molar-refractivity contribution in [2.75, 3.05) is 7.11 Å². The van der Waals surface area contributed by atoms with Crippen LogP contribution in [0.4, 0.5) is 4.39 Å². The molecule has 0 atom stereocenters. The molecular weight excluding hydrogens is 203 g/mol. The van der Waals surface area contributed by atoms with Gasteiger partial charge in [0, 0.05) is 0 Å². The molecule has 0 unspecified atom stereocenters. The molecule has 0 amide bonds. The Hall–Kier alpha value is -0.760. The second kappa shape index (κ2) is 6.66. The third kappa shape index (κ3) is 3.18. The van der Waals surface area contributed by atoms with Crippen LogP contribution in [0, 0.1) is 5.82 Å². The van der Waals surface area contributed by atoms with E-state index < -0.39 is 0 Å². The fourth-order valence-electron chi connectivity index (χ4n) is 0.999. The van der Waals surface area contributed by atoms with Crippen LogP contribution in [0.1, 0.15) is 26.3 Å². The molecule has 14 heavy (non-hydrogen) atoms. The van der Waals surface area contributed by atoms with E-state index in [0.29, 0.717) is 22.8 Å². The van der Waals surface area contributed by atoms with E-state index in [4.69, 9.17) is 16.3 Å². The molecule has 0 N–H and O–H groups in total. The highest BCUT2D eigenvalue weighted by atomic mass is 35.5. The number of benzene rings is 1. The topological polar surface area (TPSA) is 9.23 Å². The normalized spacial score (nSPS) is 9.00. The van der Waals surface area contributed by atoms with E-state index in [1.54, 1.807) is 6.07 Å². The molecule has 0 heterocycles. The predicted octanol–water partition coefficient (Wildman–Crippen LogP) is 4.08. The second-order valence-electron chi connectivity index (χ2n) is 2.43. The Bertz CT molecular complexity index is 262. The summed E-state index contributed by atoms with van der Waals surface area (Å²) < 4.78 is 18.0. The molecule has 3 heteroatoms. The zero-order valence-corrected chi connectivity index (χ0v) is 9.78. The average molecular weight is 219 g/mol. The summed E-state index contributed by atoms with van der Waals surface area (Å²) in [4.78, 5) is 0. The van der Waals surface area contributed by atoms with Crippen molar-refractivity contribution in [3.63, 3.8) is 0 Å². The Labute approximate surface area is 89.8 Å². The van der Waals surface area contributed by atoms with Crippen molar-refractivity contribution in [2.24, 2.45) is 0 Å². The van der Waals surface area contributed by atoms with Crippen LogP contribution in [0.2, 0.25) is 5.02 Å². The highest BCUT2D eigenvalue weighted by Gasteiger charge is 2.06. The molecule has 0 aliphatic carbocycles. The summed E-state index contributed by atoms with van der Waals surface area (Å²) in [5.74, 6) is 0.248. The fourth-order valence-corrected chi connectivity index (χ4v) is 1.23. The number of hydrogen-bond acceptors (Lipinski definition) is 1. The van der Waals surface area contributed by atoms with E-state index >= 15 is 0 Å². The highest BCUT2D eigenvalue weighted by Crippen LogP contribution is 2.27. The Morgan fingerprint density at radius 1 is 1.36 bits per heavy atom. The minimum Gasteiger partial charge on any atom is -0.495 e.